The highest BCUT2D eigenvalue weighted by molar-refractivity contribution is 7.51. The van der Waals surface area contributed by atoms with Crippen molar-refractivity contribution in [1.82, 2.24) is 0 Å². The van der Waals surface area contributed by atoms with Crippen molar-refractivity contribution in [2.24, 2.45) is 16.7 Å². The number of carbonyl (C=O) groups excluding carboxylic acids is 1. The first-order valence-electron chi connectivity index (χ1n) is 11.6. The summed E-state index contributed by atoms with van der Waals surface area (Å²) in [5, 5.41) is 16.6. The smallest absolute Gasteiger partial charge is 0.325 e. The summed E-state index contributed by atoms with van der Waals surface area (Å²) in [5.41, 5.74) is -0.972. The number of carboxylic acids is 2. The average Bonchev–Trinajstić information content (AvgIpc) is 2.72. The maximum absolute atomic E-state index is 11.6. The molecule has 0 radical (unpaired) electrons. The highest BCUT2D eigenvalue weighted by atomic mass is 31.2. The van der Waals surface area contributed by atoms with E-state index >= 15 is 0 Å². The van der Waals surface area contributed by atoms with Gasteiger partial charge in [-0.05, 0) is 59.8 Å². The van der Waals surface area contributed by atoms with Gasteiger partial charge in [0.25, 0.3) is 0 Å². The van der Waals surface area contributed by atoms with E-state index < -0.39 is 30.4 Å². The van der Waals surface area contributed by atoms with Crippen LogP contribution in [-0.2, 0) is 23.7 Å². The lowest BCUT2D eigenvalue weighted by Gasteiger charge is -2.20. The Morgan fingerprint density at radius 1 is 0.848 bits per heavy atom. The molecule has 10 heteroatoms. The molecule has 0 spiro atoms. The van der Waals surface area contributed by atoms with E-state index in [1.54, 1.807) is 20.8 Å². The minimum absolute atomic E-state index is 0.0599. The molecule has 0 fully saturated rings. The molecule has 0 bridgehead atoms. The summed E-state index contributed by atoms with van der Waals surface area (Å²) in [6, 6.07) is 0. The normalized spacial score (nSPS) is 12.4. The molecule has 0 aliphatic rings. The fourth-order valence-corrected chi connectivity index (χ4v) is 2.24. The number of carboxylic acid groups (broad SMARTS) is 2. The van der Waals surface area contributed by atoms with Gasteiger partial charge in [0.1, 0.15) is 0 Å². The number of hydrogen-bond donors (Lipinski definition) is 4. The molecular weight excluding hydrogens is 451 g/mol. The summed E-state index contributed by atoms with van der Waals surface area (Å²) in [7, 11) is -3.85. The van der Waals surface area contributed by atoms with E-state index in [9.17, 15) is 18.9 Å². The van der Waals surface area contributed by atoms with Crippen LogP contribution in [0.15, 0.2) is 0 Å². The summed E-state index contributed by atoms with van der Waals surface area (Å²) in [4.78, 5) is 49.1. The van der Waals surface area contributed by atoms with Crippen molar-refractivity contribution < 1.29 is 43.7 Å². The highest BCUT2D eigenvalue weighted by Crippen LogP contribution is 2.35. The van der Waals surface area contributed by atoms with E-state index in [1.165, 1.54) is 0 Å². The second-order valence-electron chi connectivity index (χ2n) is 9.37. The molecule has 9 nitrogen and oxygen atoms in total. The average molecular weight is 499 g/mol. The summed E-state index contributed by atoms with van der Waals surface area (Å²) in [5.74, 6) is -1.79. The third-order valence-electron chi connectivity index (χ3n) is 5.51. The minimum Gasteiger partial charge on any atom is -0.481 e. The van der Waals surface area contributed by atoms with Crippen LogP contribution in [0.5, 0.6) is 0 Å². The number of unbranched alkanes of at least 4 members (excludes halogenated alkanes) is 3. The van der Waals surface area contributed by atoms with E-state index in [0.29, 0.717) is 19.4 Å². The first kappa shape index (κ1) is 36.1. The van der Waals surface area contributed by atoms with Crippen molar-refractivity contribution in [2.45, 2.75) is 100 Å². The van der Waals surface area contributed by atoms with Crippen LogP contribution in [0.25, 0.3) is 0 Å². The summed E-state index contributed by atoms with van der Waals surface area (Å²) < 4.78 is 15.7. The molecule has 198 valence electrons. The lowest BCUT2D eigenvalue weighted by Crippen LogP contribution is -2.26. The zero-order valence-corrected chi connectivity index (χ0v) is 22.6. The van der Waals surface area contributed by atoms with Crippen LogP contribution >= 0.6 is 7.60 Å². The van der Waals surface area contributed by atoms with Gasteiger partial charge < -0.3 is 24.7 Å². The van der Waals surface area contributed by atoms with Crippen molar-refractivity contribution in [1.29, 1.82) is 0 Å². The second-order valence-corrected chi connectivity index (χ2v) is 11.1. The molecule has 1 atom stereocenters. The fraction of sp³-hybridized carbons (Fsp3) is 0.870. The maximum atomic E-state index is 11.6. The number of carbonyl (C=O) groups is 3. The lowest BCUT2D eigenvalue weighted by atomic mass is 9.91. The topological polar surface area (TPSA) is 158 Å². The van der Waals surface area contributed by atoms with E-state index in [2.05, 4.69) is 0 Å². The molecule has 0 heterocycles. The van der Waals surface area contributed by atoms with Crippen molar-refractivity contribution in [3.05, 3.63) is 0 Å². The molecule has 0 aromatic heterocycles. The standard InChI is InChI=1S/C12H25O5P.C6H12O2.C5H10O2/c1-4-12(2,3)11(13)17-9-7-5-6-8-10-18(14,15)16;1-4-6(2,3)5(7)8;1-3-4(2)5(6)7/h4-10H2,1-3H3,(H2,14,15,16);4H2,1-3H3,(H,7,8);4H,3H2,1-2H3,(H,6,7). The van der Waals surface area contributed by atoms with Crippen LogP contribution in [0.1, 0.15) is 100 Å². The van der Waals surface area contributed by atoms with Gasteiger partial charge in [-0.15, -0.1) is 0 Å². The summed E-state index contributed by atoms with van der Waals surface area (Å²) >= 11 is 0. The van der Waals surface area contributed by atoms with Crippen LogP contribution in [0, 0.1) is 16.7 Å². The molecular formula is C23H47O9P. The molecule has 1 unspecified atom stereocenters. The molecule has 0 aliphatic heterocycles. The van der Waals surface area contributed by atoms with Crippen molar-refractivity contribution >= 4 is 25.5 Å². The number of rotatable bonds is 13. The third kappa shape index (κ3) is 22.1. The Labute approximate surface area is 199 Å². The number of esters is 1. The Morgan fingerprint density at radius 2 is 1.30 bits per heavy atom. The first-order chi connectivity index (χ1) is 14.9. The van der Waals surface area contributed by atoms with Gasteiger partial charge in [-0.3, -0.25) is 18.9 Å². The van der Waals surface area contributed by atoms with Gasteiger partial charge in [0, 0.05) is 6.16 Å². The van der Waals surface area contributed by atoms with Crippen LogP contribution in [-0.4, -0.2) is 50.7 Å². The van der Waals surface area contributed by atoms with Gasteiger partial charge in [0.05, 0.1) is 23.4 Å². The molecule has 0 aromatic rings. The van der Waals surface area contributed by atoms with Crippen LogP contribution in [0.4, 0.5) is 0 Å². The van der Waals surface area contributed by atoms with Crippen LogP contribution in [0.2, 0.25) is 0 Å². The Hall–Kier alpha value is -1.44. The number of aliphatic carboxylic acids is 2. The number of ether oxygens (including phenoxy) is 1. The van der Waals surface area contributed by atoms with Gasteiger partial charge in [0.2, 0.25) is 0 Å². The fourth-order valence-electron chi connectivity index (χ4n) is 1.60. The first-order valence-corrected chi connectivity index (χ1v) is 13.4. The second kappa shape index (κ2) is 18.0. The van der Waals surface area contributed by atoms with Gasteiger partial charge in [0.15, 0.2) is 0 Å². The molecule has 0 saturated carbocycles. The van der Waals surface area contributed by atoms with Gasteiger partial charge in [-0.1, -0.05) is 40.5 Å². The van der Waals surface area contributed by atoms with Crippen molar-refractivity contribution in [3.8, 4) is 0 Å². The Morgan fingerprint density at radius 3 is 1.58 bits per heavy atom. The zero-order chi connectivity index (χ0) is 26.9. The lowest BCUT2D eigenvalue weighted by molar-refractivity contribution is -0.154. The summed E-state index contributed by atoms with van der Waals surface area (Å²) in [6.07, 6.45) is 4.91. The SMILES string of the molecule is CCC(C)(C)C(=O)O.CCC(C)(C)C(=O)OCCCCCCP(=O)(O)O.CCC(C)C(=O)O. The predicted octanol–water partition coefficient (Wildman–Crippen LogP) is 5.33. The van der Waals surface area contributed by atoms with E-state index in [1.807, 2.05) is 34.6 Å². The largest absolute Gasteiger partial charge is 0.481 e. The molecule has 0 aromatic carbocycles. The van der Waals surface area contributed by atoms with Crippen molar-refractivity contribution in [2.75, 3.05) is 12.8 Å². The van der Waals surface area contributed by atoms with Crippen LogP contribution in [0.3, 0.4) is 0 Å². The molecule has 0 saturated heterocycles. The maximum Gasteiger partial charge on any atom is 0.325 e. The van der Waals surface area contributed by atoms with Gasteiger partial charge in [-0.2, -0.15) is 0 Å². The Bertz CT molecular complexity index is 609. The Balaban J connectivity index is -0.000000493. The van der Waals surface area contributed by atoms with Gasteiger partial charge >= 0.3 is 25.5 Å². The Kier molecular flexibility index (Phi) is 19.7. The molecule has 0 aliphatic carbocycles. The summed E-state index contributed by atoms with van der Waals surface area (Å²) in [6.45, 7) is 14.9. The molecule has 0 amide bonds. The quantitative estimate of drug-likeness (QED) is 0.150. The monoisotopic (exact) mass is 498 g/mol. The van der Waals surface area contributed by atoms with E-state index in [0.717, 1.165) is 32.1 Å². The molecule has 33 heavy (non-hydrogen) atoms. The van der Waals surface area contributed by atoms with E-state index in [-0.39, 0.29) is 18.0 Å². The van der Waals surface area contributed by atoms with Gasteiger partial charge in [-0.25, -0.2) is 0 Å². The van der Waals surface area contributed by atoms with E-state index in [4.69, 9.17) is 24.7 Å². The predicted molar refractivity (Wildman–Crippen MR) is 129 cm³/mol. The van der Waals surface area contributed by atoms with Crippen LogP contribution < -0.4 is 0 Å². The third-order valence-corrected chi connectivity index (χ3v) is 6.41. The highest BCUT2D eigenvalue weighted by Gasteiger charge is 2.26. The minimum atomic E-state index is -3.85. The van der Waals surface area contributed by atoms with Crippen molar-refractivity contribution in [3.63, 3.8) is 0 Å². The molecule has 0 rings (SSSR count). The number of hydrogen-bond acceptors (Lipinski definition) is 5. The molecule has 4 N–H and O–H groups in total. The zero-order valence-electron chi connectivity index (χ0n) is 21.7.